The van der Waals surface area contributed by atoms with Crippen LogP contribution in [-0.2, 0) is 0 Å². The molecule has 0 saturated carbocycles. The largest absolute Gasteiger partial charge is 0.385 e. The zero-order valence-corrected chi connectivity index (χ0v) is 8.47. The van der Waals surface area contributed by atoms with Crippen LogP contribution >= 0.6 is 0 Å². The molecule has 0 aliphatic rings. The van der Waals surface area contributed by atoms with Crippen LogP contribution in [0.25, 0.3) is 0 Å². The van der Waals surface area contributed by atoms with E-state index in [-0.39, 0.29) is 0 Å². The lowest BCUT2D eigenvalue weighted by molar-refractivity contribution is 0.159. The van der Waals surface area contributed by atoms with Crippen molar-refractivity contribution in [1.29, 1.82) is 0 Å². The zero-order chi connectivity index (χ0) is 8.41. The van der Waals surface area contributed by atoms with E-state index < -0.39 is 13.8 Å². The molecule has 0 atom stereocenters. The Morgan fingerprint density at radius 3 is 1.80 bits per heavy atom. The van der Waals surface area contributed by atoms with Crippen LogP contribution in [0.3, 0.4) is 0 Å². The van der Waals surface area contributed by atoms with E-state index >= 15 is 0 Å². The summed E-state index contributed by atoms with van der Waals surface area (Å²) < 4.78 is 4.29. The van der Waals surface area contributed by atoms with Crippen molar-refractivity contribution in [2.24, 2.45) is 4.66 Å². The molecule has 3 heteroatoms. The Labute approximate surface area is 64.1 Å². The van der Waals surface area contributed by atoms with Crippen molar-refractivity contribution < 1.29 is 5.11 Å². The van der Waals surface area contributed by atoms with Gasteiger partial charge in [-0.15, -0.1) is 0 Å². The molecule has 0 aliphatic heterocycles. The highest BCUT2D eigenvalue weighted by atomic mass is 28.3. The highest BCUT2D eigenvalue weighted by Crippen LogP contribution is 2.03. The predicted octanol–water partition coefficient (Wildman–Crippen LogP) is 1.66. The maximum atomic E-state index is 9.25. The van der Waals surface area contributed by atoms with Crippen LogP contribution in [0, 0.1) is 0 Å². The summed E-state index contributed by atoms with van der Waals surface area (Å²) in [6.07, 6.45) is 1.64. The van der Waals surface area contributed by atoms with Gasteiger partial charge in [-0.2, -0.15) is 0 Å². The maximum Gasteiger partial charge on any atom is 0.171 e. The summed E-state index contributed by atoms with van der Waals surface area (Å²) in [5.41, 5.74) is -0.750. The fourth-order valence-corrected chi connectivity index (χ4v) is 1.05. The van der Waals surface area contributed by atoms with Crippen molar-refractivity contribution in [3.05, 3.63) is 0 Å². The van der Waals surface area contributed by atoms with Crippen LogP contribution in [-0.4, -0.2) is 25.2 Å². The van der Waals surface area contributed by atoms with Gasteiger partial charge < -0.3 is 9.76 Å². The van der Waals surface area contributed by atoms with E-state index in [1.54, 1.807) is 20.1 Å². The number of nitrogens with zero attached hydrogens (tertiary/aromatic N) is 1. The fraction of sp³-hybridized carbons (Fsp3) is 0.857. The molecule has 0 aromatic rings. The molecule has 2 nitrogen and oxygen atoms in total. The lowest BCUT2D eigenvalue weighted by atomic mass is 10.2. The van der Waals surface area contributed by atoms with E-state index in [1.165, 1.54) is 0 Å². The summed E-state index contributed by atoms with van der Waals surface area (Å²) in [6.45, 7) is 9.87. The topological polar surface area (TPSA) is 32.6 Å². The molecular weight excluding hydrogens is 142 g/mol. The number of hydrogen-bond donors (Lipinski definition) is 1. The third-order valence-electron chi connectivity index (χ3n) is 0.768. The molecular formula is C7H17NOSi. The lowest BCUT2D eigenvalue weighted by Gasteiger charge is -2.14. The van der Waals surface area contributed by atoms with Crippen molar-refractivity contribution >= 4 is 14.5 Å². The maximum absolute atomic E-state index is 9.25. The van der Waals surface area contributed by atoms with Gasteiger partial charge in [0.15, 0.2) is 8.24 Å². The van der Waals surface area contributed by atoms with Gasteiger partial charge >= 0.3 is 0 Å². The van der Waals surface area contributed by atoms with E-state index in [0.717, 1.165) is 0 Å². The Bertz CT molecular complexity index is 114. The summed E-state index contributed by atoms with van der Waals surface area (Å²) in [7, 11) is -1.36. The van der Waals surface area contributed by atoms with Gasteiger partial charge in [0, 0.05) is 6.21 Å². The highest BCUT2D eigenvalue weighted by Gasteiger charge is 2.13. The number of aliphatic hydroxyl groups is 1. The van der Waals surface area contributed by atoms with E-state index in [2.05, 4.69) is 24.3 Å². The minimum absolute atomic E-state index is 0.750. The van der Waals surface area contributed by atoms with Crippen LogP contribution in [0.15, 0.2) is 4.66 Å². The molecule has 0 aromatic carbocycles. The Morgan fingerprint density at radius 1 is 1.30 bits per heavy atom. The molecule has 0 saturated heterocycles. The fourth-order valence-electron chi connectivity index (χ4n) is 0.352. The monoisotopic (exact) mass is 159 g/mol. The molecule has 60 valence electrons. The third kappa shape index (κ3) is 7.85. The normalized spacial score (nSPS) is 14.6. The molecule has 0 radical (unpaired) electrons. The first-order valence-electron chi connectivity index (χ1n) is 3.49. The minimum Gasteiger partial charge on any atom is -0.385 e. The Kier molecular flexibility index (Phi) is 2.80. The van der Waals surface area contributed by atoms with Crippen LogP contribution in [0.5, 0.6) is 0 Å². The second kappa shape index (κ2) is 2.84. The average Bonchev–Trinajstić information content (AvgIpc) is 1.57. The molecule has 10 heavy (non-hydrogen) atoms. The SMILES string of the molecule is CC(C)(O)C=N[Si](C)(C)C. The standard InChI is InChI=1S/C7H17NOSi/c1-7(2,9)6-8-10(3,4)5/h6,9H,1-5H3. The van der Waals surface area contributed by atoms with E-state index in [0.29, 0.717) is 0 Å². The van der Waals surface area contributed by atoms with E-state index in [9.17, 15) is 5.11 Å². The Morgan fingerprint density at radius 2 is 1.70 bits per heavy atom. The number of rotatable bonds is 2. The Hall–Kier alpha value is -0.153. The van der Waals surface area contributed by atoms with Crippen LogP contribution in [0.1, 0.15) is 13.8 Å². The Balaban J connectivity index is 4.01. The molecule has 0 rings (SSSR count). The van der Waals surface area contributed by atoms with Gasteiger partial charge in [-0.25, -0.2) is 0 Å². The number of hydrogen-bond acceptors (Lipinski definition) is 2. The first-order valence-corrected chi connectivity index (χ1v) is 6.94. The molecule has 1 N–H and O–H groups in total. The molecule has 0 amide bonds. The summed E-state index contributed by atoms with van der Waals surface area (Å²) >= 11 is 0. The molecule has 0 fully saturated rings. The van der Waals surface area contributed by atoms with Crippen molar-refractivity contribution in [2.45, 2.75) is 39.1 Å². The summed E-state index contributed by atoms with van der Waals surface area (Å²) in [6, 6.07) is 0. The molecule has 0 spiro atoms. The van der Waals surface area contributed by atoms with E-state index in [4.69, 9.17) is 0 Å². The van der Waals surface area contributed by atoms with Gasteiger partial charge in [0.25, 0.3) is 0 Å². The second-order valence-electron chi connectivity index (χ2n) is 4.08. The summed E-state index contributed by atoms with van der Waals surface area (Å²) in [5, 5.41) is 9.25. The second-order valence-corrected chi connectivity index (χ2v) is 8.68. The van der Waals surface area contributed by atoms with Crippen molar-refractivity contribution in [3.8, 4) is 0 Å². The van der Waals surface area contributed by atoms with Gasteiger partial charge in [-0.05, 0) is 33.5 Å². The first kappa shape index (κ1) is 9.85. The predicted molar refractivity (Wildman–Crippen MR) is 48.1 cm³/mol. The smallest absolute Gasteiger partial charge is 0.171 e. The van der Waals surface area contributed by atoms with Gasteiger partial charge in [0.2, 0.25) is 0 Å². The van der Waals surface area contributed by atoms with Crippen LogP contribution < -0.4 is 0 Å². The van der Waals surface area contributed by atoms with Crippen LogP contribution in [0.4, 0.5) is 0 Å². The molecule has 0 unspecified atom stereocenters. The van der Waals surface area contributed by atoms with Gasteiger partial charge in [-0.3, -0.25) is 0 Å². The molecule has 0 bridgehead atoms. The molecule has 0 heterocycles. The highest BCUT2D eigenvalue weighted by molar-refractivity contribution is 6.75. The van der Waals surface area contributed by atoms with Crippen molar-refractivity contribution in [2.75, 3.05) is 0 Å². The minimum atomic E-state index is -1.36. The summed E-state index contributed by atoms with van der Waals surface area (Å²) in [4.78, 5) is 0. The molecule has 0 aliphatic carbocycles. The average molecular weight is 159 g/mol. The van der Waals surface area contributed by atoms with E-state index in [1.807, 2.05) is 0 Å². The van der Waals surface area contributed by atoms with Gasteiger partial charge in [0.05, 0.1) is 5.60 Å². The van der Waals surface area contributed by atoms with Gasteiger partial charge in [0.1, 0.15) is 0 Å². The quantitative estimate of drug-likeness (QED) is 0.482. The zero-order valence-electron chi connectivity index (χ0n) is 7.47. The van der Waals surface area contributed by atoms with Crippen molar-refractivity contribution in [1.82, 2.24) is 0 Å². The van der Waals surface area contributed by atoms with Crippen molar-refractivity contribution in [3.63, 3.8) is 0 Å². The summed E-state index contributed by atoms with van der Waals surface area (Å²) in [5.74, 6) is 0. The van der Waals surface area contributed by atoms with Crippen LogP contribution in [0.2, 0.25) is 19.6 Å². The first-order chi connectivity index (χ1) is 4.21. The third-order valence-corrected chi connectivity index (χ3v) is 1.67. The molecule has 0 aromatic heterocycles. The lowest BCUT2D eigenvalue weighted by Crippen LogP contribution is -2.25. The van der Waals surface area contributed by atoms with Gasteiger partial charge in [-0.1, -0.05) is 0 Å².